The minimum atomic E-state index is -0.407. The van der Waals surface area contributed by atoms with Crippen LogP contribution in [0, 0.1) is 11.3 Å². The van der Waals surface area contributed by atoms with Crippen LogP contribution in [-0.4, -0.2) is 14.5 Å². The number of rotatable bonds is 2. The Morgan fingerprint density at radius 1 is 1.19 bits per heavy atom. The van der Waals surface area contributed by atoms with E-state index in [1.165, 1.54) is 10.6 Å². The number of aromatic nitrogens is 3. The van der Waals surface area contributed by atoms with E-state index in [1.807, 2.05) is 6.07 Å². The third-order valence-electron chi connectivity index (χ3n) is 3.12. The monoisotopic (exact) mass is 278 g/mol. The fourth-order valence-electron chi connectivity index (χ4n) is 2.12. The summed E-state index contributed by atoms with van der Waals surface area (Å²) in [6.45, 7) is 0.106. The van der Waals surface area contributed by atoms with Crippen molar-refractivity contribution >= 4 is 10.9 Å². The lowest BCUT2D eigenvalue weighted by Crippen LogP contribution is -2.24. The van der Waals surface area contributed by atoms with Crippen molar-refractivity contribution < 1.29 is 0 Å². The second kappa shape index (κ2) is 5.06. The van der Waals surface area contributed by atoms with Crippen molar-refractivity contribution in [2.75, 3.05) is 0 Å². The Labute approximate surface area is 118 Å². The molecule has 2 heterocycles. The molecule has 0 spiro atoms. The lowest BCUT2D eigenvalue weighted by atomic mass is 10.2. The molecule has 6 heteroatoms. The van der Waals surface area contributed by atoms with Crippen LogP contribution in [0.5, 0.6) is 0 Å². The number of H-pyrrole nitrogens is 1. The van der Waals surface area contributed by atoms with E-state index >= 15 is 0 Å². The first-order chi connectivity index (χ1) is 10.2. The quantitative estimate of drug-likeness (QED) is 0.757. The highest BCUT2D eigenvalue weighted by molar-refractivity contribution is 5.77. The van der Waals surface area contributed by atoms with Crippen LogP contribution in [0.3, 0.4) is 0 Å². The van der Waals surface area contributed by atoms with E-state index in [2.05, 4.69) is 9.97 Å². The van der Waals surface area contributed by atoms with Gasteiger partial charge in [-0.05, 0) is 24.3 Å². The van der Waals surface area contributed by atoms with Gasteiger partial charge in [-0.15, -0.1) is 0 Å². The Morgan fingerprint density at radius 2 is 2.00 bits per heavy atom. The number of aromatic amines is 1. The molecule has 0 saturated heterocycles. The largest absolute Gasteiger partial charge is 0.308 e. The van der Waals surface area contributed by atoms with Crippen LogP contribution < -0.4 is 11.1 Å². The van der Waals surface area contributed by atoms with Gasteiger partial charge in [0, 0.05) is 6.20 Å². The highest BCUT2D eigenvalue weighted by atomic mass is 16.1. The fourth-order valence-corrected chi connectivity index (χ4v) is 2.12. The lowest BCUT2D eigenvalue weighted by molar-refractivity contribution is 0.713. The van der Waals surface area contributed by atoms with Gasteiger partial charge in [0.15, 0.2) is 0 Å². The first-order valence-electron chi connectivity index (χ1n) is 6.26. The van der Waals surface area contributed by atoms with Gasteiger partial charge in [-0.3, -0.25) is 9.59 Å². The Balaban J connectivity index is 2.09. The number of benzene rings is 1. The number of pyridine rings is 1. The fraction of sp³-hybridized carbons (Fsp3) is 0.0667. The predicted molar refractivity (Wildman–Crippen MR) is 76.9 cm³/mol. The summed E-state index contributed by atoms with van der Waals surface area (Å²) in [5.74, 6) is 0.371. The molecule has 0 fully saturated rings. The zero-order chi connectivity index (χ0) is 14.8. The number of nitrogens with one attached hydrogen (secondary N) is 1. The summed E-state index contributed by atoms with van der Waals surface area (Å²) in [7, 11) is 0. The summed E-state index contributed by atoms with van der Waals surface area (Å²) in [5.41, 5.74) is -0.0303. The predicted octanol–water partition coefficient (Wildman–Crippen LogP) is 1.00. The van der Waals surface area contributed by atoms with Crippen LogP contribution in [0.2, 0.25) is 0 Å². The number of nitrogens with zero attached hydrogens (tertiary/aromatic N) is 3. The molecule has 1 N–H and O–H groups in total. The summed E-state index contributed by atoms with van der Waals surface area (Å²) in [6, 6.07) is 11.9. The first kappa shape index (κ1) is 12.8. The molecule has 0 aliphatic rings. The lowest BCUT2D eigenvalue weighted by Gasteiger charge is -2.06. The van der Waals surface area contributed by atoms with Gasteiger partial charge >= 0.3 is 0 Å². The molecule has 6 nitrogen and oxygen atoms in total. The van der Waals surface area contributed by atoms with Crippen LogP contribution in [0.1, 0.15) is 11.4 Å². The molecule has 0 amide bonds. The summed E-state index contributed by atoms with van der Waals surface area (Å²) in [6.07, 6.45) is 1.55. The molecule has 1 aromatic carbocycles. The van der Waals surface area contributed by atoms with Crippen molar-refractivity contribution in [3.8, 4) is 6.07 Å². The average molecular weight is 278 g/mol. The summed E-state index contributed by atoms with van der Waals surface area (Å²) >= 11 is 0. The molecule has 3 aromatic rings. The zero-order valence-corrected chi connectivity index (χ0v) is 10.9. The van der Waals surface area contributed by atoms with E-state index in [-0.39, 0.29) is 17.7 Å². The van der Waals surface area contributed by atoms with Crippen LogP contribution in [0.15, 0.2) is 52.2 Å². The molecule has 0 atom stereocenters. The van der Waals surface area contributed by atoms with Crippen LogP contribution in [0.4, 0.5) is 0 Å². The van der Waals surface area contributed by atoms with Crippen LogP contribution >= 0.6 is 0 Å². The maximum atomic E-state index is 12.0. The molecule has 0 saturated carbocycles. The number of hydrogen-bond acceptors (Lipinski definition) is 4. The van der Waals surface area contributed by atoms with Crippen molar-refractivity contribution in [3.05, 3.63) is 74.7 Å². The second-order valence-corrected chi connectivity index (χ2v) is 4.50. The molecule has 102 valence electrons. The van der Waals surface area contributed by atoms with Crippen molar-refractivity contribution in [3.63, 3.8) is 0 Å². The smallest absolute Gasteiger partial charge is 0.268 e. The maximum Gasteiger partial charge on any atom is 0.268 e. The Morgan fingerprint density at radius 3 is 2.81 bits per heavy atom. The van der Waals surface area contributed by atoms with Gasteiger partial charge in [0.05, 0.1) is 17.4 Å². The van der Waals surface area contributed by atoms with E-state index < -0.39 is 5.56 Å². The third kappa shape index (κ3) is 2.32. The topological polar surface area (TPSA) is 91.5 Å². The molecular weight excluding hydrogens is 268 g/mol. The number of fused-ring (bicyclic) bond motifs is 1. The van der Waals surface area contributed by atoms with Gasteiger partial charge in [0.1, 0.15) is 17.5 Å². The molecule has 0 aliphatic carbocycles. The van der Waals surface area contributed by atoms with Gasteiger partial charge in [-0.1, -0.05) is 12.1 Å². The normalized spacial score (nSPS) is 10.4. The second-order valence-electron chi connectivity index (χ2n) is 4.50. The van der Waals surface area contributed by atoms with Crippen LogP contribution in [0.25, 0.3) is 10.9 Å². The minimum absolute atomic E-state index is 0.0561. The molecule has 0 bridgehead atoms. The van der Waals surface area contributed by atoms with Crippen molar-refractivity contribution in [1.29, 1.82) is 5.26 Å². The van der Waals surface area contributed by atoms with Crippen molar-refractivity contribution in [1.82, 2.24) is 14.5 Å². The molecule has 3 rings (SSSR count). The standard InChI is InChI=1S/C15H10N4O2/c16-8-10-4-3-7-19(15(10)21)9-13-17-12-6-2-1-5-11(12)14(20)18-13/h1-7H,9H2,(H,17,18,20). The van der Waals surface area contributed by atoms with E-state index in [0.29, 0.717) is 16.7 Å². The van der Waals surface area contributed by atoms with E-state index in [4.69, 9.17) is 5.26 Å². The number of para-hydroxylation sites is 1. The van der Waals surface area contributed by atoms with Crippen LogP contribution in [-0.2, 0) is 6.54 Å². The summed E-state index contributed by atoms with van der Waals surface area (Å²) in [5, 5.41) is 9.36. The van der Waals surface area contributed by atoms with E-state index in [9.17, 15) is 9.59 Å². The van der Waals surface area contributed by atoms with Gasteiger partial charge in [-0.2, -0.15) is 5.26 Å². The molecule has 2 aromatic heterocycles. The number of hydrogen-bond donors (Lipinski definition) is 1. The Bertz CT molecular complexity index is 979. The molecule has 0 unspecified atom stereocenters. The molecular formula is C15H10N4O2. The highest BCUT2D eigenvalue weighted by Crippen LogP contribution is 2.06. The Hall–Kier alpha value is -3.20. The van der Waals surface area contributed by atoms with Gasteiger partial charge in [-0.25, -0.2) is 4.98 Å². The van der Waals surface area contributed by atoms with E-state index in [0.717, 1.165) is 0 Å². The minimum Gasteiger partial charge on any atom is -0.308 e. The molecule has 0 radical (unpaired) electrons. The van der Waals surface area contributed by atoms with Crippen molar-refractivity contribution in [2.24, 2.45) is 0 Å². The number of nitriles is 1. The highest BCUT2D eigenvalue weighted by Gasteiger charge is 2.06. The van der Waals surface area contributed by atoms with Crippen molar-refractivity contribution in [2.45, 2.75) is 6.54 Å². The average Bonchev–Trinajstić information content (AvgIpc) is 2.49. The molecule has 0 aliphatic heterocycles. The summed E-state index contributed by atoms with van der Waals surface area (Å²) in [4.78, 5) is 30.9. The zero-order valence-electron chi connectivity index (χ0n) is 10.9. The SMILES string of the molecule is N#Cc1cccn(Cc2nc3ccccc3c(=O)[nH]2)c1=O. The molecule has 21 heavy (non-hydrogen) atoms. The Kier molecular flexibility index (Phi) is 3.09. The third-order valence-corrected chi connectivity index (χ3v) is 3.12. The van der Waals surface area contributed by atoms with Gasteiger partial charge < -0.3 is 9.55 Å². The van der Waals surface area contributed by atoms with E-state index in [1.54, 1.807) is 36.5 Å². The first-order valence-corrected chi connectivity index (χ1v) is 6.26. The summed E-state index contributed by atoms with van der Waals surface area (Å²) < 4.78 is 1.34. The van der Waals surface area contributed by atoms with Gasteiger partial charge in [0.25, 0.3) is 11.1 Å². The van der Waals surface area contributed by atoms with Gasteiger partial charge in [0.2, 0.25) is 0 Å². The maximum absolute atomic E-state index is 12.0.